The highest BCUT2D eigenvalue weighted by Crippen LogP contribution is 2.18. The van der Waals surface area contributed by atoms with Crippen molar-refractivity contribution in [3.05, 3.63) is 42.2 Å². The Morgan fingerprint density at radius 3 is 2.88 bits per heavy atom. The van der Waals surface area contributed by atoms with Gasteiger partial charge in [-0.1, -0.05) is 6.92 Å². The molecule has 2 rings (SSSR count). The summed E-state index contributed by atoms with van der Waals surface area (Å²) in [5, 5.41) is 7.61. The Balaban J connectivity index is 2.23. The van der Waals surface area contributed by atoms with E-state index < -0.39 is 0 Å². The summed E-state index contributed by atoms with van der Waals surface area (Å²) in [6.45, 7) is 5.28. The molecule has 16 heavy (non-hydrogen) atoms. The average molecular weight is 215 g/mol. The standard InChI is InChI=1S/C13H17N3/c1-3-7-14-12-5-6-13(11(2)10-12)16-9-4-8-15-16/h4-6,8-10,14H,3,7H2,1-2H3. The third kappa shape index (κ3) is 2.24. The molecule has 0 amide bonds. The van der Waals surface area contributed by atoms with E-state index in [2.05, 4.69) is 42.5 Å². The number of hydrogen-bond acceptors (Lipinski definition) is 2. The van der Waals surface area contributed by atoms with Crippen molar-refractivity contribution in [1.82, 2.24) is 9.78 Å². The summed E-state index contributed by atoms with van der Waals surface area (Å²) in [7, 11) is 0. The second-order valence-electron chi connectivity index (χ2n) is 3.88. The van der Waals surface area contributed by atoms with Crippen LogP contribution >= 0.6 is 0 Å². The molecular weight excluding hydrogens is 198 g/mol. The lowest BCUT2D eigenvalue weighted by Crippen LogP contribution is -2.02. The number of anilines is 1. The summed E-state index contributed by atoms with van der Waals surface area (Å²) in [5.74, 6) is 0. The molecule has 0 saturated heterocycles. The van der Waals surface area contributed by atoms with Crippen LogP contribution in [0.25, 0.3) is 5.69 Å². The maximum Gasteiger partial charge on any atom is 0.0676 e. The van der Waals surface area contributed by atoms with Crippen LogP contribution in [0.2, 0.25) is 0 Å². The summed E-state index contributed by atoms with van der Waals surface area (Å²) in [4.78, 5) is 0. The molecule has 0 saturated carbocycles. The van der Waals surface area contributed by atoms with Crippen LogP contribution in [0.4, 0.5) is 5.69 Å². The molecule has 3 heteroatoms. The van der Waals surface area contributed by atoms with Gasteiger partial charge in [-0.05, 0) is 43.2 Å². The van der Waals surface area contributed by atoms with E-state index in [-0.39, 0.29) is 0 Å². The van der Waals surface area contributed by atoms with Crippen LogP contribution < -0.4 is 5.32 Å². The lowest BCUT2D eigenvalue weighted by atomic mass is 10.2. The van der Waals surface area contributed by atoms with E-state index in [0.717, 1.165) is 18.7 Å². The normalized spacial score (nSPS) is 10.4. The van der Waals surface area contributed by atoms with Crippen molar-refractivity contribution in [2.45, 2.75) is 20.3 Å². The number of hydrogen-bond donors (Lipinski definition) is 1. The number of benzene rings is 1. The Bertz CT molecular complexity index is 446. The van der Waals surface area contributed by atoms with Crippen LogP contribution in [0.15, 0.2) is 36.7 Å². The first-order valence-electron chi connectivity index (χ1n) is 5.66. The van der Waals surface area contributed by atoms with Crippen molar-refractivity contribution in [2.24, 2.45) is 0 Å². The molecule has 0 aliphatic heterocycles. The first kappa shape index (κ1) is 10.7. The van der Waals surface area contributed by atoms with E-state index in [1.165, 1.54) is 11.3 Å². The summed E-state index contributed by atoms with van der Waals surface area (Å²) in [6, 6.07) is 8.29. The minimum absolute atomic E-state index is 1.01. The van der Waals surface area contributed by atoms with Crippen LogP contribution in [-0.4, -0.2) is 16.3 Å². The van der Waals surface area contributed by atoms with Gasteiger partial charge in [0.25, 0.3) is 0 Å². The van der Waals surface area contributed by atoms with Crippen molar-refractivity contribution in [2.75, 3.05) is 11.9 Å². The lowest BCUT2D eigenvalue weighted by Gasteiger charge is -2.09. The summed E-state index contributed by atoms with van der Waals surface area (Å²) in [6.07, 6.45) is 4.89. The lowest BCUT2D eigenvalue weighted by molar-refractivity contribution is 0.872. The van der Waals surface area contributed by atoms with E-state index >= 15 is 0 Å². The predicted molar refractivity (Wildman–Crippen MR) is 67.1 cm³/mol. The molecule has 0 atom stereocenters. The third-order valence-electron chi connectivity index (χ3n) is 2.53. The van der Waals surface area contributed by atoms with Crippen LogP contribution in [0.3, 0.4) is 0 Å². The zero-order chi connectivity index (χ0) is 11.4. The maximum atomic E-state index is 4.24. The zero-order valence-electron chi connectivity index (χ0n) is 9.77. The van der Waals surface area contributed by atoms with Gasteiger partial charge in [0.1, 0.15) is 0 Å². The molecule has 0 bridgehead atoms. The quantitative estimate of drug-likeness (QED) is 0.849. The number of nitrogens with zero attached hydrogens (tertiary/aromatic N) is 2. The Morgan fingerprint density at radius 1 is 1.38 bits per heavy atom. The van der Waals surface area contributed by atoms with Gasteiger partial charge in [-0.3, -0.25) is 0 Å². The van der Waals surface area contributed by atoms with Crippen molar-refractivity contribution < 1.29 is 0 Å². The van der Waals surface area contributed by atoms with Crippen molar-refractivity contribution in [3.63, 3.8) is 0 Å². The highest BCUT2D eigenvalue weighted by atomic mass is 15.3. The highest BCUT2D eigenvalue weighted by Gasteiger charge is 2.01. The van der Waals surface area contributed by atoms with Gasteiger partial charge in [0.05, 0.1) is 5.69 Å². The summed E-state index contributed by atoms with van der Waals surface area (Å²) in [5.41, 5.74) is 3.53. The largest absolute Gasteiger partial charge is 0.385 e. The van der Waals surface area contributed by atoms with E-state index in [1.54, 1.807) is 6.20 Å². The average Bonchev–Trinajstić information content (AvgIpc) is 2.80. The van der Waals surface area contributed by atoms with E-state index in [9.17, 15) is 0 Å². The second kappa shape index (κ2) is 4.84. The molecule has 1 N–H and O–H groups in total. The van der Waals surface area contributed by atoms with Gasteiger partial charge >= 0.3 is 0 Å². The molecule has 0 spiro atoms. The smallest absolute Gasteiger partial charge is 0.0676 e. The van der Waals surface area contributed by atoms with E-state index in [4.69, 9.17) is 0 Å². The van der Waals surface area contributed by atoms with E-state index in [0.29, 0.717) is 0 Å². The van der Waals surface area contributed by atoms with Crippen LogP contribution in [0.1, 0.15) is 18.9 Å². The van der Waals surface area contributed by atoms with Crippen molar-refractivity contribution in [3.8, 4) is 5.69 Å². The minimum Gasteiger partial charge on any atom is -0.385 e. The van der Waals surface area contributed by atoms with Crippen LogP contribution in [-0.2, 0) is 0 Å². The molecule has 0 fully saturated rings. The minimum atomic E-state index is 1.01. The molecule has 0 aliphatic rings. The van der Waals surface area contributed by atoms with Crippen molar-refractivity contribution >= 4 is 5.69 Å². The SMILES string of the molecule is CCCNc1ccc(-n2cccn2)c(C)c1. The Labute approximate surface area is 96.1 Å². The topological polar surface area (TPSA) is 29.9 Å². The van der Waals surface area contributed by atoms with Gasteiger partial charge in [0, 0.05) is 24.6 Å². The monoisotopic (exact) mass is 215 g/mol. The fourth-order valence-electron chi connectivity index (χ4n) is 1.70. The highest BCUT2D eigenvalue weighted by molar-refractivity contribution is 5.53. The number of nitrogens with one attached hydrogen (secondary N) is 1. The molecule has 2 aromatic rings. The Morgan fingerprint density at radius 2 is 2.25 bits per heavy atom. The van der Waals surface area contributed by atoms with Crippen molar-refractivity contribution in [1.29, 1.82) is 0 Å². The van der Waals surface area contributed by atoms with Gasteiger partial charge in [0.2, 0.25) is 0 Å². The van der Waals surface area contributed by atoms with Gasteiger partial charge < -0.3 is 5.32 Å². The van der Waals surface area contributed by atoms with Gasteiger partial charge in [-0.15, -0.1) is 0 Å². The Hall–Kier alpha value is -1.77. The van der Waals surface area contributed by atoms with Gasteiger partial charge in [-0.2, -0.15) is 5.10 Å². The molecule has 84 valence electrons. The first-order chi connectivity index (χ1) is 7.81. The molecule has 1 heterocycles. The molecular formula is C13H17N3. The van der Waals surface area contributed by atoms with Gasteiger partial charge in [0.15, 0.2) is 0 Å². The molecule has 1 aromatic carbocycles. The van der Waals surface area contributed by atoms with Crippen LogP contribution in [0.5, 0.6) is 0 Å². The number of aryl methyl sites for hydroxylation is 1. The molecule has 1 aromatic heterocycles. The second-order valence-corrected chi connectivity index (χ2v) is 3.88. The van der Waals surface area contributed by atoms with Crippen LogP contribution in [0, 0.1) is 6.92 Å². The maximum absolute atomic E-state index is 4.24. The first-order valence-corrected chi connectivity index (χ1v) is 5.66. The Kier molecular flexibility index (Phi) is 3.25. The zero-order valence-corrected chi connectivity index (χ0v) is 9.77. The summed E-state index contributed by atoms with van der Waals surface area (Å²) < 4.78 is 1.89. The number of aromatic nitrogens is 2. The molecule has 0 aliphatic carbocycles. The fourth-order valence-corrected chi connectivity index (χ4v) is 1.70. The summed E-state index contributed by atoms with van der Waals surface area (Å²) >= 11 is 0. The molecule has 0 unspecified atom stereocenters. The third-order valence-corrected chi connectivity index (χ3v) is 2.53. The number of rotatable bonds is 4. The van der Waals surface area contributed by atoms with Gasteiger partial charge in [-0.25, -0.2) is 4.68 Å². The molecule has 3 nitrogen and oxygen atoms in total. The molecule has 0 radical (unpaired) electrons. The van der Waals surface area contributed by atoms with E-state index in [1.807, 2.05) is 16.9 Å². The predicted octanol–water partition coefficient (Wildman–Crippen LogP) is 3.00. The fraction of sp³-hybridized carbons (Fsp3) is 0.308.